The molecule has 31 heavy (non-hydrogen) atoms. The average Bonchev–Trinajstić information content (AvgIpc) is 2.78. The van der Waals surface area contributed by atoms with Crippen molar-refractivity contribution in [3.05, 3.63) is 70.9 Å². The molecule has 2 aromatic carbocycles. The van der Waals surface area contributed by atoms with Crippen LogP contribution in [0, 0.1) is 13.8 Å². The Hall–Kier alpha value is -2.72. The van der Waals surface area contributed by atoms with E-state index in [0.717, 1.165) is 40.0 Å². The Morgan fingerprint density at radius 2 is 1.74 bits per heavy atom. The lowest BCUT2D eigenvalue weighted by atomic mass is 9.94. The summed E-state index contributed by atoms with van der Waals surface area (Å²) in [6.45, 7) is 4.94. The van der Waals surface area contributed by atoms with Crippen molar-refractivity contribution in [2.45, 2.75) is 65.0 Å². The molecule has 1 amide bonds. The van der Waals surface area contributed by atoms with E-state index in [1.54, 1.807) is 0 Å². The molecule has 1 heterocycles. The van der Waals surface area contributed by atoms with E-state index in [-0.39, 0.29) is 5.91 Å². The number of hydrogen-bond donors (Lipinski definition) is 1. The van der Waals surface area contributed by atoms with Crippen molar-refractivity contribution in [3.8, 4) is 0 Å². The van der Waals surface area contributed by atoms with Gasteiger partial charge in [0.1, 0.15) is 0 Å². The third-order valence-corrected chi connectivity index (χ3v) is 6.73. The normalized spacial score (nSPS) is 14.8. The van der Waals surface area contributed by atoms with E-state index in [1.807, 2.05) is 37.3 Å². The second kappa shape index (κ2) is 9.61. The number of hydrogen-bond acceptors (Lipinski definition) is 3. The van der Waals surface area contributed by atoms with Crippen LogP contribution in [0.3, 0.4) is 0 Å². The van der Waals surface area contributed by atoms with Crippen LogP contribution in [0.25, 0.3) is 10.9 Å². The summed E-state index contributed by atoms with van der Waals surface area (Å²) in [4.78, 5) is 20.2. The summed E-state index contributed by atoms with van der Waals surface area (Å²) < 4.78 is 0. The van der Waals surface area contributed by atoms with Gasteiger partial charge < -0.3 is 5.32 Å². The number of carbonyl (C=O) groups excluding carboxylic acids is 1. The molecule has 4 heteroatoms. The lowest BCUT2D eigenvalue weighted by Gasteiger charge is -2.31. The molecular weight excluding hydrogens is 382 g/mol. The fourth-order valence-electron chi connectivity index (χ4n) is 4.89. The number of nitrogens with one attached hydrogen (secondary N) is 1. The van der Waals surface area contributed by atoms with Crippen LogP contribution >= 0.6 is 0 Å². The van der Waals surface area contributed by atoms with Gasteiger partial charge in [0.25, 0.3) is 0 Å². The predicted molar refractivity (Wildman–Crippen MR) is 128 cm³/mol. The SMILES string of the molecule is Cc1nc2ccccc2c(C)c1CC(=O)Nc1ccccc1CN(C)C1CCCCC1. The second-order valence-corrected chi connectivity index (χ2v) is 8.91. The van der Waals surface area contributed by atoms with Crippen molar-refractivity contribution in [1.82, 2.24) is 9.88 Å². The van der Waals surface area contributed by atoms with Gasteiger partial charge in [-0.2, -0.15) is 0 Å². The first kappa shape index (κ1) is 21.5. The monoisotopic (exact) mass is 415 g/mol. The fourth-order valence-corrected chi connectivity index (χ4v) is 4.89. The zero-order chi connectivity index (χ0) is 21.8. The first-order chi connectivity index (χ1) is 15.0. The molecule has 4 rings (SSSR count). The van der Waals surface area contributed by atoms with Crippen molar-refractivity contribution in [3.63, 3.8) is 0 Å². The molecule has 0 aliphatic heterocycles. The van der Waals surface area contributed by atoms with Crippen LogP contribution in [0.4, 0.5) is 5.69 Å². The molecule has 3 aromatic rings. The third-order valence-electron chi connectivity index (χ3n) is 6.73. The zero-order valence-corrected chi connectivity index (χ0v) is 18.9. The molecule has 162 valence electrons. The highest BCUT2D eigenvalue weighted by Gasteiger charge is 2.19. The first-order valence-electron chi connectivity index (χ1n) is 11.5. The molecule has 1 saturated carbocycles. The molecular formula is C27H33N3O. The van der Waals surface area contributed by atoms with Gasteiger partial charge in [-0.1, -0.05) is 55.7 Å². The number of rotatable bonds is 6. The molecule has 1 fully saturated rings. The van der Waals surface area contributed by atoms with Gasteiger partial charge in [0.05, 0.1) is 11.9 Å². The van der Waals surface area contributed by atoms with Gasteiger partial charge in [0, 0.05) is 29.4 Å². The summed E-state index contributed by atoms with van der Waals surface area (Å²) in [6, 6.07) is 17.0. The fraction of sp³-hybridized carbons (Fsp3) is 0.407. The summed E-state index contributed by atoms with van der Waals surface area (Å²) in [5.74, 6) is 0.0102. The number of amides is 1. The second-order valence-electron chi connectivity index (χ2n) is 8.91. The molecule has 0 unspecified atom stereocenters. The summed E-state index contributed by atoms with van der Waals surface area (Å²) >= 11 is 0. The maximum atomic E-state index is 13.0. The van der Waals surface area contributed by atoms with E-state index in [0.29, 0.717) is 12.5 Å². The number of nitrogens with zero attached hydrogens (tertiary/aromatic N) is 2. The highest BCUT2D eigenvalue weighted by atomic mass is 16.1. The van der Waals surface area contributed by atoms with E-state index in [4.69, 9.17) is 4.98 Å². The highest BCUT2D eigenvalue weighted by molar-refractivity contribution is 5.94. The molecule has 0 bridgehead atoms. The van der Waals surface area contributed by atoms with Gasteiger partial charge in [-0.25, -0.2) is 0 Å². The van der Waals surface area contributed by atoms with Gasteiger partial charge in [0.2, 0.25) is 5.91 Å². The Kier molecular flexibility index (Phi) is 6.67. The third kappa shape index (κ3) is 4.96. The van der Waals surface area contributed by atoms with Gasteiger partial charge in [0.15, 0.2) is 0 Å². The lowest BCUT2D eigenvalue weighted by molar-refractivity contribution is -0.115. The Balaban J connectivity index is 1.49. The molecule has 0 atom stereocenters. The number of aromatic nitrogens is 1. The van der Waals surface area contributed by atoms with Crippen LogP contribution in [0.1, 0.15) is 54.5 Å². The lowest BCUT2D eigenvalue weighted by Crippen LogP contribution is -2.33. The van der Waals surface area contributed by atoms with E-state index < -0.39 is 0 Å². The van der Waals surface area contributed by atoms with E-state index in [1.165, 1.54) is 37.7 Å². The van der Waals surface area contributed by atoms with Crippen molar-refractivity contribution in [2.24, 2.45) is 0 Å². The first-order valence-corrected chi connectivity index (χ1v) is 11.5. The minimum absolute atomic E-state index is 0.0102. The van der Waals surface area contributed by atoms with Gasteiger partial charge in [-0.15, -0.1) is 0 Å². The Morgan fingerprint density at radius 1 is 1.03 bits per heavy atom. The summed E-state index contributed by atoms with van der Waals surface area (Å²) in [5.41, 5.74) is 6.17. The van der Waals surface area contributed by atoms with Crippen LogP contribution in [0.5, 0.6) is 0 Å². The zero-order valence-electron chi connectivity index (χ0n) is 18.9. The Labute approximate surface area is 185 Å². The van der Waals surface area contributed by atoms with Crippen molar-refractivity contribution in [2.75, 3.05) is 12.4 Å². The number of carbonyl (C=O) groups is 1. The number of aryl methyl sites for hydroxylation is 2. The Bertz CT molecular complexity index is 1070. The summed E-state index contributed by atoms with van der Waals surface area (Å²) in [6.07, 6.45) is 6.90. The van der Waals surface area contributed by atoms with E-state index in [2.05, 4.69) is 42.4 Å². The van der Waals surface area contributed by atoms with Crippen molar-refractivity contribution >= 4 is 22.5 Å². The van der Waals surface area contributed by atoms with E-state index >= 15 is 0 Å². The molecule has 1 aliphatic carbocycles. The molecule has 1 aromatic heterocycles. The highest BCUT2D eigenvalue weighted by Crippen LogP contribution is 2.26. The Morgan fingerprint density at radius 3 is 2.55 bits per heavy atom. The van der Waals surface area contributed by atoms with Crippen molar-refractivity contribution in [1.29, 1.82) is 0 Å². The quantitative estimate of drug-likeness (QED) is 0.554. The van der Waals surface area contributed by atoms with Gasteiger partial charge >= 0.3 is 0 Å². The van der Waals surface area contributed by atoms with Gasteiger partial charge in [-0.3, -0.25) is 14.7 Å². The summed E-state index contributed by atoms with van der Waals surface area (Å²) in [7, 11) is 2.21. The number of benzene rings is 2. The molecule has 4 nitrogen and oxygen atoms in total. The molecule has 1 N–H and O–H groups in total. The summed E-state index contributed by atoms with van der Waals surface area (Å²) in [5, 5.41) is 4.29. The maximum absolute atomic E-state index is 13.0. The number of para-hydroxylation sites is 2. The molecule has 1 aliphatic rings. The van der Waals surface area contributed by atoms with Crippen LogP contribution in [0.15, 0.2) is 48.5 Å². The number of pyridine rings is 1. The van der Waals surface area contributed by atoms with Crippen molar-refractivity contribution < 1.29 is 4.79 Å². The van der Waals surface area contributed by atoms with Crippen LogP contribution in [0.2, 0.25) is 0 Å². The minimum Gasteiger partial charge on any atom is -0.325 e. The topological polar surface area (TPSA) is 45.2 Å². The average molecular weight is 416 g/mol. The molecule has 0 saturated heterocycles. The standard InChI is InChI=1S/C27H33N3O/c1-19-23-14-8-10-16-26(23)28-20(2)24(19)17-27(31)29-25-15-9-7-11-21(25)18-30(3)22-12-5-4-6-13-22/h7-11,14-16,22H,4-6,12-13,17-18H2,1-3H3,(H,29,31). The molecule has 0 spiro atoms. The van der Waals surface area contributed by atoms with Crippen LogP contribution in [-0.2, 0) is 17.8 Å². The molecule has 0 radical (unpaired) electrons. The maximum Gasteiger partial charge on any atom is 0.228 e. The number of anilines is 1. The minimum atomic E-state index is 0.0102. The number of fused-ring (bicyclic) bond motifs is 1. The van der Waals surface area contributed by atoms with Crippen LogP contribution < -0.4 is 5.32 Å². The predicted octanol–water partition coefficient (Wildman–Crippen LogP) is 5.80. The smallest absolute Gasteiger partial charge is 0.228 e. The van der Waals surface area contributed by atoms with Gasteiger partial charge in [-0.05, 0) is 62.6 Å². The largest absolute Gasteiger partial charge is 0.325 e. The van der Waals surface area contributed by atoms with Crippen LogP contribution in [-0.4, -0.2) is 28.9 Å². The van der Waals surface area contributed by atoms with E-state index in [9.17, 15) is 4.79 Å².